The lowest BCUT2D eigenvalue weighted by Gasteiger charge is -2.56. The summed E-state index contributed by atoms with van der Waals surface area (Å²) < 4.78 is 0. The van der Waals surface area contributed by atoms with Crippen LogP contribution >= 0.6 is 0 Å². The van der Waals surface area contributed by atoms with E-state index in [1.54, 1.807) is 0 Å². The van der Waals surface area contributed by atoms with Gasteiger partial charge in [-0.15, -0.1) is 0 Å². The van der Waals surface area contributed by atoms with Gasteiger partial charge in [-0.05, 0) is 30.6 Å². The van der Waals surface area contributed by atoms with Gasteiger partial charge in [-0.1, -0.05) is 55.4 Å². The molecule has 0 fully saturated rings. The largest absolute Gasteiger partial charge is 0.389 e. The van der Waals surface area contributed by atoms with Crippen molar-refractivity contribution in [3.63, 3.8) is 0 Å². The van der Waals surface area contributed by atoms with Gasteiger partial charge in [-0.2, -0.15) is 0 Å². The molecule has 0 aromatic rings. The van der Waals surface area contributed by atoms with Crippen LogP contribution in [0.4, 0.5) is 0 Å². The molecular weight excluding hydrogens is 196 g/mol. The molecular formula is C15H32O. The zero-order chi connectivity index (χ0) is 13.3. The Hall–Kier alpha value is -0.0400. The zero-order valence-electron chi connectivity index (χ0n) is 12.8. The highest BCUT2D eigenvalue weighted by molar-refractivity contribution is 5.03. The summed E-state index contributed by atoms with van der Waals surface area (Å²) in [6.45, 7) is 19.8. The van der Waals surface area contributed by atoms with E-state index in [2.05, 4.69) is 55.4 Å². The molecule has 0 aliphatic heterocycles. The van der Waals surface area contributed by atoms with Crippen LogP contribution in [0.5, 0.6) is 0 Å². The molecule has 0 aromatic carbocycles. The van der Waals surface area contributed by atoms with E-state index in [1.807, 2.05) is 6.92 Å². The van der Waals surface area contributed by atoms with Crippen LogP contribution in [0.3, 0.4) is 0 Å². The Morgan fingerprint density at radius 2 is 0.875 bits per heavy atom. The molecule has 0 rings (SSSR count). The van der Waals surface area contributed by atoms with E-state index in [-0.39, 0.29) is 11.3 Å². The molecule has 16 heavy (non-hydrogen) atoms. The van der Waals surface area contributed by atoms with Crippen LogP contribution in [0.1, 0.15) is 62.3 Å². The standard InChI is InChI=1S/C15H32O/c1-10(2)14(9,16)15(11(3)4,12(5)6)13(7)8/h10-13,16H,1-9H3. The topological polar surface area (TPSA) is 20.2 Å². The Kier molecular flexibility index (Phi) is 5.07. The van der Waals surface area contributed by atoms with Crippen molar-refractivity contribution in [2.45, 2.75) is 67.9 Å². The van der Waals surface area contributed by atoms with E-state index in [1.165, 1.54) is 0 Å². The van der Waals surface area contributed by atoms with Gasteiger partial charge < -0.3 is 5.11 Å². The summed E-state index contributed by atoms with van der Waals surface area (Å²) in [5.74, 6) is 1.71. The molecule has 1 heteroatoms. The average Bonchev–Trinajstić information content (AvgIpc) is 2.00. The van der Waals surface area contributed by atoms with Crippen molar-refractivity contribution in [1.29, 1.82) is 0 Å². The van der Waals surface area contributed by atoms with Gasteiger partial charge in [0.1, 0.15) is 0 Å². The molecule has 0 spiro atoms. The Labute approximate surface area is 103 Å². The lowest BCUT2D eigenvalue weighted by atomic mass is 9.51. The summed E-state index contributed by atoms with van der Waals surface area (Å²) in [5.41, 5.74) is -0.648. The van der Waals surface area contributed by atoms with Crippen LogP contribution in [0.25, 0.3) is 0 Å². The highest BCUT2D eigenvalue weighted by Gasteiger charge is 2.54. The fraction of sp³-hybridized carbons (Fsp3) is 1.00. The van der Waals surface area contributed by atoms with Crippen molar-refractivity contribution in [2.24, 2.45) is 29.1 Å². The fourth-order valence-corrected chi connectivity index (χ4v) is 4.25. The SMILES string of the molecule is CC(C)C(C)(O)C(C(C)C)(C(C)C)C(C)C. The first-order valence-corrected chi connectivity index (χ1v) is 6.75. The maximum atomic E-state index is 11.0. The molecule has 98 valence electrons. The van der Waals surface area contributed by atoms with Crippen molar-refractivity contribution in [2.75, 3.05) is 0 Å². The number of hydrogen-bond acceptors (Lipinski definition) is 1. The predicted molar refractivity (Wildman–Crippen MR) is 72.4 cm³/mol. The molecule has 0 aliphatic rings. The van der Waals surface area contributed by atoms with E-state index in [4.69, 9.17) is 0 Å². The van der Waals surface area contributed by atoms with Gasteiger partial charge in [0.15, 0.2) is 0 Å². The minimum atomic E-state index is -0.622. The van der Waals surface area contributed by atoms with Crippen molar-refractivity contribution < 1.29 is 5.11 Å². The van der Waals surface area contributed by atoms with Crippen LogP contribution in [0.2, 0.25) is 0 Å². The molecule has 0 saturated heterocycles. The minimum absolute atomic E-state index is 0.0266. The smallest absolute Gasteiger partial charge is 0.0705 e. The molecule has 0 aromatic heterocycles. The van der Waals surface area contributed by atoms with Crippen molar-refractivity contribution in [3.8, 4) is 0 Å². The average molecular weight is 228 g/mol. The summed E-state index contributed by atoms with van der Waals surface area (Å²) in [4.78, 5) is 0. The summed E-state index contributed by atoms with van der Waals surface area (Å²) >= 11 is 0. The molecule has 0 heterocycles. The Morgan fingerprint density at radius 3 is 0.938 bits per heavy atom. The number of rotatable bonds is 5. The second-order valence-corrected chi connectivity index (χ2v) is 6.70. The van der Waals surface area contributed by atoms with Gasteiger partial charge in [0, 0.05) is 5.41 Å². The quantitative estimate of drug-likeness (QED) is 0.742. The van der Waals surface area contributed by atoms with E-state index >= 15 is 0 Å². The highest BCUT2D eigenvalue weighted by atomic mass is 16.3. The third-order valence-corrected chi connectivity index (χ3v) is 4.87. The molecule has 0 bridgehead atoms. The molecule has 0 saturated carbocycles. The molecule has 1 atom stereocenters. The van der Waals surface area contributed by atoms with Crippen LogP contribution in [0, 0.1) is 29.1 Å². The third-order valence-electron chi connectivity index (χ3n) is 4.87. The summed E-state index contributed by atoms with van der Waals surface area (Å²) in [5, 5.41) is 11.0. The molecule has 0 aliphatic carbocycles. The van der Waals surface area contributed by atoms with Gasteiger partial charge in [-0.25, -0.2) is 0 Å². The first-order chi connectivity index (χ1) is 7.02. The minimum Gasteiger partial charge on any atom is -0.389 e. The fourth-order valence-electron chi connectivity index (χ4n) is 4.25. The van der Waals surface area contributed by atoms with Crippen molar-refractivity contribution in [3.05, 3.63) is 0 Å². The van der Waals surface area contributed by atoms with Crippen LogP contribution < -0.4 is 0 Å². The van der Waals surface area contributed by atoms with Gasteiger partial charge in [0.2, 0.25) is 0 Å². The third kappa shape index (κ3) is 2.16. The second-order valence-electron chi connectivity index (χ2n) is 6.70. The van der Waals surface area contributed by atoms with Crippen molar-refractivity contribution >= 4 is 0 Å². The van der Waals surface area contributed by atoms with E-state index in [0.29, 0.717) is 17.8 Å². The summed E-state index contributed by atoms with van der Waals surface area (Å²) in [6, 6.07) is 0. The molecule has 1 N–H and O–H groups in total. The molecule has 1 nitrogen and oxygen atoms in total. The van der Waals surface area contributed by atoms with Gasteiger partial charge in [0.05, 0.1) is 5.60 Å². The van der Waals surface area contributed by atoms with Crippen LogP contribution in [-0.2, 0) is 0 Å². The monoisotopic (exact) mass is 228 g/mol. The van der Waals surface area contributed by atoms with Crippen LogP contribution in [0.15, 0.2) is 0 Å². The van der Waals surface area contributed by atoms with Gasteiger partial charge in [0.25, 0.3) is 0 Å². The lowest BCUT2D eigenvalue weighted by molar-refractivity contribution is -0.176. The number of hydrogen-bond donors (Lipinski definition) is 1. The number of aliphatic hydroxyl groups is 1. The summed E-state index contributed by atoms with van der Waals surface area (Å²) in [6.07, 6.45) is 0. The second kappa shape index (κ2) is 5.08. The zero-order valence-corrected chi connectivity index (χ0v) is 12.8. The highest BCUT2D eigenvalue weighted by Crippen LogP contribution is 2.53. The van der Waals surface area contributed by atoms with E-state index < -0.39 is 5.60 Å². The van der Waals surface area contributed by atoms with Gasteiger partial charge in [-0.3, -0.25) is 0 Å². The molecule has 1 unspecified atom stereocenters. The van der Waals surface area contributed by atoms with E-state index in [9.17, 15) is 5.11 Å². The lowest BCUT2D eigenvalue weighted by Crippen LogP contribution is -2.58. The Bertz CT molecular complexity index is 190. The van der Waals surface area contributed by atoms with E-state index in [0.717, 1.165) is 0 Å². The Morgan fingerprint density at radius 1 is 0.625 bits per heavy atom. The first-order valence-electron chi connectivity index (χ1n) is 6.75. The predicted octanol–water partition coefficient (Wildman–Crippen LogP) is 4.35. The molecule has 0 radical (unpaired) electrons. The van der Waals surface area contributed by atoms with Crippen molar-refractivity contribution in [1.82, 2.24) is 0 Å². The van der Waals surface area contributed by atoms with Crippen LogP contribution in [-0.4, -0.2) is 10.7 Å². The maximum absolute atomic E-state index is 11.0. The maximum Gasteiger partial charge on any atom is 0.0705 e. The molecule has 0 amide bonds. The van der Waals surface area contributed by atoms with Gasteiger partial charge >= 0.3 is 0 Å². The normalized spacial score (nSPS) is 17.6. The Balaban J connectivity index is 5.72. The summed E-state index contributed by atoms with van der Waals surface area (Å²) in [7, 11) is 0. The first kappa shape index (κ1) is 16.0.